The summed E-state index contributed by atoms with van der Waals surface area (Å²) in [6, 6.07) is 0. The summed E-state index contributed by atoms with van der Waals surface area (Å²) in [4.78, 5) is 0. The third-order valence-corrected chi connectivity index (χ3v) is 2.76. The van der Waals surface area contributed by atoms with Crippen molar-refractivity contribution >= 4 is 0 Å². The van der Waals surface area contributed by atoms with Crippen LogP contribution in [0.1, 0.15) is 26.2 Å². The van der Waals surface area contributed by atoms with Crippen LogP contribution in [0.3, 0.4) is 0 Å². The highest BCUT2D eigenvalue weighted by Gasteiger charge is 2.30. The first kappa shape index (κ1) is 10.8. The molecule has 0 aliphatic carbocycles. The normalized spacial score (nSPS) is 30.5. The van der Waals surface area contributed by atoms with Gasteiger partial charge in [0.15, 0.2) is 0 Å². The summed E-state index contributed by atoms with van der Waals surface area (Å²) in [7, 11) is 0. The molecule has 78 valence electrons. The summed E-state index contributed by atoms with van der Waals surface area (Å²) >= 11 is 0. The summed E-state index contributed by atoms with van der Waals surface area (Å²) < 4.78 is 35.8. The van der Waals surface area contributed by atoms with Gasteiger partial charge in [0.25, 0.3) is 0 Å². The van der Waals surface area contributed by atoms with E-state index in [0.29, 0.717) is 12.3 Å². The van der Waals surface area contributed by atoms with Crippen molar-refractivity contribution < 1.29 is 13.2 Å². The molecule has 1 aliphatic heterocycles. The van der Waals surface area contributed by atoms with Gasteiger partial charge in [-0.15, -0.1) is 0 Å². The van der Waals surface area contributed by atoms with E-state index in [-0.39, 0.29) is 5.92 Å². The summed E-state index contributed by atoms with van der Waals surface area (Å²) in [6.45, 7) is 3.75. The smallest absolute Gasteiger partial charge is 0.316 e. The Morgan fingerprint density at radius 1 is 1.38 bits per heavy atom. The Kier molecular flexibility index (Phi) is 3.59. The minimum absolute atomic E-state index is 0.253. The van der Waals surface area contributed by atoms with E-state index in [1.165, 1.54) is 0 Å². The van der Waals surface area contributed by atoms with E-state index in [9.17, 15) is 13.2 Å². The highest BCUT2D eigenvalue weighted by atomic mass is 19.4. The Morgan fingerprint density at radius 2 is 2.08 bits per heavy atom. The predicted molar refractivity (Wildman–Crippen MR) is 45.4 cm³/mol. The van der Waals surface area contributed by atoms with Crippen LogP contribution in [0.25, 0.3) is 0 Å². The zero-order chi connectivity index (χ0) is 9.90. The van der Waals surface area contributed by atoms with Gasteiger partial charge in [-0.2, -0.15) is 13.2 Å². The molecule has 1 nitrogen and oxygen atoms in total. The molecule has 2 unspecified atom stereocenters. The maximum atomic E-state index is 11.9. The third-order valence-electron chi connectivity index (χ3n) is 2.76. The van der Waals surface area contributed by atoms with Gasteiger partial charge in [-0.1, -0.05) is 6.92 Å². The predicted octanol–water partition coefficient (Wildman–Crippen LogP) is 2.57. The molecule has 1 saturated heterocycles. The second-order valence-electron chi connectivity index (χ2n) is 3.88. The van der Waals surface area contributed by atoms with Crippen LogP contribution in [0.15, 0.2) is 0 Å². The van der Waals surface area contributed by atoms with Crippen molar-refractivity contribution in [3.05, 3.63) is 0 Å². The molecule has 0 spiro atoms. The molecule has 2 atom stereocenters. The molecule has 1 aliphatic rings. The van der Waals surface area contributed by atoms with Crippen molar-refractivity contribution in [1.82, 2.24) is 5.32 Å². The lowest BCUT2D eigenvalue weighted by Crippen LogP contribution is -2.35. The topological polar surface area (TPSA) is 12.0 Å². The van der Waals surface area contributed by atoms with Crippen molar-refractivity contribution in [3.63, 3.8) is 0 Å². The molecule has 1 heterocycles. The van der Waals surface area contributed by atoms with E-state index in [1.54, 1.807) is 0 Å². The molecule has 0 aromatic heterocycles. The monoisotopic (exact) mass is 195 g/mol. The summed E-state index contributed by atoms with van der Waals surface area (Å²) in [5, 5.41) is 3.18. The average Bonchev–Trinajstić information content (AvgIpc) is 2.01. The second-order valence-corrected chi connectivity index (χ2v) is 3.88. The molecule has 1 fully saturated rings. The molecule has 0 bridgehead atoms. The van der Waals surface area contributed by atoms with Gasteiger partial charge in [0.2, 0.25) is 0 Å². The van der Waals surface area contributed by atoms with Gasteiger partial charge in [-0.3, -0.25) is 0 Å². The molecule has 0 aromatic carbocycles. The zero-order valence-electron chi connectivity index (χ0n) is 7.82. The van der Waals surface area contributed by atoms with Crippen LogP contribution in [0.2, 0.25) is 0 Å². The van der Waals surface area contributed by atoms with Crippen LogP contribution in [0.4, 0.5) is 13.2 Å². The lowest BCUT2D eigenvalue weighted by Gasteiger charge is -2.29. The number of piperidine rings is 1. The molecule has 4 heteroatoms. The molecular formula is C9H16F3N. The highest BCUT2D eigenvalue weighted by Crippen LogP contribution is 2.29. The average molecular weight is 195 g/mol. The van der Waals surface area contributed by atoms with E-state index in [4.69, 9.17) is 0 Å². The largest absolute Gasteiger partial charge is 0.389 e. The Hall–Kier alpha value is -0.250. The van der Waals surface area contributed by atoms with Gasteiger partial charge in [0.1, 0.15) is 0 Å². The Bertz CT molecular complexity index is 155. The SMILES string of the molecule is CC1CNCCC1CCC(F)(F)F. The van der Waals surface area contributed by atoms with Crippen LogP contribution in [-0.2, 0) is 0 Å². The summed E-state index contributed by atoms with van der Waals surface area (Å²) in [6.07, 6.45) is -3.42. The van der Waals surface area contributed by atoms with Gasteiger partial charge in [0.05, 0.1) is 0 Å². The second kappa shape index (κ2) is 4.31. The van der Waals surface area contributed by atoms with Gasteiger partial charge >= 0.3 is 6.18 Å². The molecule has 13 heavy (non-hydrogen) atoms. The van der Waals surface area contributed by atoms with E-state index >= 15 is 0 Å². The van der Waals surface area contributed by atoms with Crippen molar-refractivity contribution in [2.45, 2.75) is 32.4 Å². The van der Waals surface area contributed by atoms with E-state index in [1.807, 2.05) is 6.92 Å². The third kappa shape index (κ3) is 3.98. The molecule has 0 aromatic rings. The first-order valence-corrected chi connectivity index (χ1v) is 4.76. The fraction of sp³-hybridized carbons (Fsp3) is 1.00. The fourth-order valence-electron chi connectivity index (χ4n) is 1.85. The quantitative estimate of drug-likeness (QED) is 0.714. The molecule has 0 radical (unpaired) electrons. The van der Waals surface area contributed by atoms with Crippen LogP contribution >= 0.6 is 0 Å². The van der Waals surface area contributed by atoms with Crippen LogP contribution in [0.5, 0.6) is 0 Å². The van der Waals surface area contributed by atoms with Gasteiger partial charge < -0.3 is 5.32 Å². The van der Waals surface area contributed by atoms with E-state index < -0.39 is 12.6 Å². The Morgan fingerprint density at radius 3 is 2.62 bits per heavy atom. The van der Waals surface area contributed by atoms with Gasteiger partial charge in [-0.25, -0.2) is 0 Å². The standard InChI is InChI=1S/C9H16F3N/c1-7-6-13-5-3-8(7)2-4-9(10,11)12/h7-8,13H,2-6H2,1H3. The van der Waals surface area contributed by atoms with Crippen LogP contribution in [0, 0.1) is 11.8 Å². The maximum absolute atomic E-state index is 11.9. The fourth-order valence-corrected chi connectivity index (χ4v) is 1.85. The first-order chi connectivity index (χ1) is 5.99. The van der Waals surface area contributed by atoms with Crippen LogP contribution in [-0.4, -0.2) is 19.3 Å². The number of hydrogen-bond acceptors (Lipinski definition) is 1. The minimum Gasteiger partial charge on any atom is -0.316 e. The highest BCUT2D eigenvalue weighted by molar-refractivity contribution is 4.75. The van der Waals surface area contributed by atoms with Crippen molar-refractivity contribution in [3.8, 4) is 0 Å². The first-order valence-electron chi connectivity index (χ1n) is 4.76. The Labute approximate surface area is 76.7 Å². The van der Waals surface area contributed by atoms with Crippen molar-refractivity contribution in [1.29, 1.82) is 0 Å². The molecule has 0 amide bonds. The van der Waals surface area contributed by atoms with Crippen molar-refractivity contribution in [2.75, 3.05) is 13.1 Å². The van der Waals surface area contributed by atoms with E-state index in [2.05, 4.69) is 5.32 Å². The number of alkyl halides is 3. The summed E-state index contributed by atoms with van der Waals surface area (Å²) in [5.41, 5.74) is 0. The molecular weight excluding hydrogens is 179 g/mol. The Balaban J connectivity index is 2.27. The molecule has 1 rings (SSSR count). The molecule has 1 N–H and O–H groups in total. The number of hydrogen-bond donors (Lipinski definition) is 1. The zero-order valence-corrected chi connectivity index (χ0v) is 7.82. The van der Waals surface area contributed by atoms with Gasteiger partial charge in [0, 0.05) is 6.42 Å². The van der Waals surface area contributed by atoms with Crippen LogP contribution < -0.4 is 5.32 Å². The minimum atomic E-state index is -3.98. The molecule has 0 saturated carbocycles. The number of halogens is 3. The van der Waals surface area contributed by atoms with Crippen molar-refractivity contribution in [2.24, 2.45) is 11.8 Å². The van der Waals surface area contributed by atoms with E-state index in [0.717, 1.165) is 19.5 Å². The van der Waals surface area contributed by atoms with Gasteiger partial charge in [-0.05, 0) is 37.8 Å². The lowest BCUT2D eigenvalue weighted by atomic mass is 9.84. The summed E-state index contributed by atoms with van der Waals surface area (Å²) in [5.74, 6) is 0.638. The maximum Gasteiger partial charge on any atom is 0.389 e. The number of nitrogens with one attached hydrogen (secondary N) is 1. The number of rotatable bonds is 2. The lowest BCUT2D eigenvalue weighted by molar-refractivity contribution is -0.138.